The van der Waals surface area contributed by atoms with Crippen LogP contribution in [0.25, 0.3) is 0 Å². The summed E-state index contributed by atoms with van der Waals surface area (Å²) in [5.74, 6) is -0.473. The third-order valence-electron chi connectivity index (χ3n) is 3.46. The van der Waals surface area contributed by atoms with Crippen LogP contribution in [0.3, 0.4) is 0 Å². The van der Waals surface area contributed by atoms with Crippen molar-refractivity contribution in [2.45, 2.75) is 74.7 Å². The smallest absolute Gasteiger partial charge is 0.131 e. The second kappa shape index (κ2) is 24.6. The Morgan fingerprint density at radius 2 is 1.07 bits per heavy atom. The lowest BCUT2D eigenvalue weighted by Gasteiger charge is -2.05. The van der Waals surface area contributed by atoms with E-state index in [1.807, 2.05) is 60.6 Å². The zero-order chi connectivity index (χ0) is 24.7. The summed E-state index contributed by atoms with van der Waals surface area (Å²) in [6, 6.07) is 0. The first-order chi connectivity index (χ1) is 14.2. The minimum absolute atomic E-state index is 0.228. The fraction of sp³-hybridized carbons (Fsp3) is 0.379. The minimum Gasteiger partial charge on any atom is -0.206 e. The van der Waals surface area contributed by atoms with Gasteiger partial charge in [0.05, 0.1) is 0 Å². The highest BCUT2D eigenvalue weighted by Gasteiger charge is 2.05. The molecule has 0 saturated heterocycles. The van der Waals surface area contributed by atoms with Crippen LogP contribution in [0.5, 0.6) is 0 Å². The number of rotatable bonds is 11. The normalized spacial score (nSPS) is 9.97. The van der Waals surface area contributed by atoms with Crippen molar-refractivity contribution < 1.29 is 4.39 Å². The zero-order valence-electron chi connectivity index (χ0n) is 21.1. The summed E-state index contributed by atoms with van der Waals surface area (Å²) in [5, 5.41) is 0. The summed E-state index contributed by atoms with van der Waals surface area (Å²) in [6.45, 7) is 39.2. The number of hydrogen-bond acceptors (Lipinski definition) is 0. The summed E-state index contributed by atoms with van der Waals surface area (Å²) in [6.07, 6.45) is 11.3. The molecule has 170 valence electrons. The lowest BCUT2D eigenvalue weighted by atomic mass is 10.0. The lowest BCUT2D eigenvalue weighted by molar-refractivity contribution is 0.655. The molecule has 0 heterocycles. The largest absolute Gasteiger partial charge is 0.206 e. The minimum atomic E-state index is -0.473. The highest BCUT2D eigenvalue weighted by Crippen LogP contribution is 2.22. The van der Waals surface area contributed by atoms with E-state index in [1.165, 1.54) is 6.08 Å². The molecule has 30 heavy (non-hydrogen) atoms. The Balaban J connectivity index is -0.000000512. The van der Waals surface area contributed by atoms with Gasteiger partial charge in [-0.15, -0.1) is 0 Å². The molecule has 0 aliphatic carbocycles. The van der Waals surface area contributed by atoms with Crippen molar-refractivity contribution in [3.63, 3.8) is 0 Å². The summed E-state index contributed by atoms with van der Waals surface area (Å²) in [7, 11) is 0. The van der Waals surface area contributed by atoms with Crippen LogP contribution in [0, 0.1) is 0 Å². The first-order valence-corrected chi connectivity index (χ1v) is 11.1. The Morgan fingerprint density at radius 3 is 1.50 bits per heavy atom. The number of halogens is 1. The topological polar surface area (TPSA) is 0 Å². The third kappa shape index (κ3) is 18.9. The van der Waals surface area contributed by atoms with Gasteiger partial charge in [-0.25, -0.2) is 4.39 Å². The monoisotopic (exact) mass is 414 g/mol. The van der Waals surface area contributed by atoms with Crippen LogP contribution in [0.1, 0.15) is 74.7 Å². The Hall–Kier alpha value is -2.41. The van der Waals surface area contributed by atoms with E-state index < -0.39 is 5.83 Å². The average molecular weight is 415 g/mol. The van der Waals surface area contributed by atoms with Crippen molar-refractivity contribution in [2.75, 3.05) is 0 Å². The third-order valence-corrected chi connectivity index (χ3v) is 3.46. The zero-order valence-corrected chi connectivity index (χ0v) is 21.1. The van der Waals surface area contributed by atoms with Gasteiger partial charge in [0.25, 0.3) is 0 Å². The molecule has 0 aliphatic heterocycles. The van der Waals surface area contributed by atoms with Crippen LogP contribution >= 0.6 is 0 Å². The first kappa shape index (κ1) is 35.1. The Labute approximate surface area is 188 Å². The molecule has 0 aromatic rings. The number of allylic oxidation sites excluding steroid dienone is 12. The highest BCUT2D eigenvalue weighted by atomic mass is 19.1. The molecule has 0 unspecified atom stereocenters. The van der Waals surface area contributed by atoms with Crippen molar-refractivity contribution in [3.8, 4) is 0 Å². The van der Waals surface area contributed by atoms with Crippen molar-refractivity contribution in [1.29, 1.82) is 0 Å². The molecular formula is C29H47F. The fourth-order valence-electron chi connectivity index (χ4n) is 1.65. The van der Waals surface area contributed by atoms with Gasteiger partial charge < -0.3 is 0 Å². The van der Waals surface area contributed by atoms with E-state index >= 15 is 0 Å². The Kier molecular flexibility index (Phi) is 28.8. The summed E-state index contributed by atoms with van der Waals surface area (Å²) < 4.78 is 14.3. The van der Waals surface area contributed by atoms with Crippen molar-refractivity contribution in [1.82, 2.24) is 0 Å². The molecule has 0 spiro atoms. The molecule has 0 nitrogen and oxygen atoms in total. The van der Waals surface area contributed by atoms with E-state index in [9.17, 15) is 4.39 Å². The Morgan fingerprint density at radius 1 is 0.633 bits per heavy atom. The average Bonchev–Trinajstić information content (AvgIpc) is 2.78. The molecule has 0 amide bonds. The van der Waals surface area contributed by atoms with Gasteiger partial charge in [-0.3, -0.25) is 0 Å². The molecule has 1 heteroatoms. The summed E-state index contributed by atoms with van der Waals surface area (Å²) >= 11 is 0. The van der Waals surface area contributed by atoms with E-state index in [2.05, 4.69) is 46.4 Å². The summed E-state index contributed by atoms with van der Waals surface area (Å²) in [4.78, 5) is 0. The SMILES string of the molecule is C=C(/C=C\C(=C)C(=C)/C=C(/F)C(=C)C(=C)/C=C\C(=C)CCC)CC.CC.CC.CC. The van der Waals surface area contributed by atoms with E-state index in [-0.39, 0.29) is 5.57 Å². The molecular weight excluding hydrogens is 367 g/mol. The van der Waals surface area contributed by atoms with E-state index in [0.29, 0.717) is 16.7 Å². The van der Waals surface area contributed by atoms with Gasteiger partial charge in [-0.05, 0) is 35.6 Å². The molecule has 0 aliphatic rings. The second-order valence-corrected chi connectivity index (χ2v) is 5.63. The van der Waals surface area contributed by atoms with Gasteiger partial charge in [-0.2, -0.15) is 0 Å². The molecule has 0 N–H and O–H groups in total. The van der Waals surface area contributed by atoms with Crippen LogP contribution < -0.4 is 0 Å². The van der Waals surface area contributed by atoms with Crippen molar-refractivity contribution >= 4 is 0 Å². The molecule has 0 atom stereocenters. The standard InChI is InChI=1S/C23H29F.3C2H6/c1-9-11-18(4)13-15-20(6)22(8)23(24)16-21(7)19(5)14-12-17(3)10-2;3*1-2/h12-16H,3-11H2,1-2H3;3*1-2H3/b14-12-,15-13-,23-16+;;;. The predicted octanol–water partition coefficient (Wildman–Crippen LogP) is 10.6. The Bertz CT molecular complexity index is 633. The molecule has 0 rings (SSSR count). The predicted molar refractivity (Wildman–Crippen MR) is 142 cm³/mol. The van der Waals surface area contributed by atoms with Crippen molar-refractivity contribution in [2.24, 2.45) is 0 Å². The second-order valence-electron chi connectivity index (χ2n) is 5.63. The van der Waals surface area contributed by atoms with E-state index in [1.54, 1.807) is 12.2 Å². The van der Waals surface area contributed by atoms with Crippen LogP contribution in [-0.4, -0.2) is 0 Å². The van der Waals surface area contributed by atoms with E-state index in [4.69, 9.17) is 0 Å². The number of hydrogen-bond donors (Lipinski definition) is 0. The molecule has 0 aromatic heterocycles. The van der Waals surface area contributed by atoms with Crippen LogP contribution in [-0.2, 0) is 0 Å². The maximum Gasteiger partial charge on any atom is 0.131 e. The van der Waals surface area contributed by atoms with Crippen molar-refractivity contribution in [3.05, 3.63) is 109 Å². The van der Waals surface area contributed by atoms with Gasteiger partial charge >= 0.3 is 0 Å². The summed E-state index contributed by atoms with van der Waals surface area (Å²) in [5.41, 5.74) is 3.81. The molecule has 0 bridgehead atoms. The molecule has 0 fully saturated rings. The van der Waals surface area contributed by atoms with Gasteiger partial charge in [0.2, 0.25) is 0 Å². The maximum absolute atomic E-state index is 14.3. The quantitative estimate of drug-likeness (QED) is 0.295. The molecule has 0 radical (unpaired) electrons. The molecule has 0 aromatic carbocycles. The van der Waals surface area contributed by atoms with Crippen LogP contribution in [0.15, 0.2) is 109 Å². The van der Waals surface area contributed by atoms with Gasteiger partial charge in [-0.1, -0.05) is 137 Å². The maximum atomic E-state index is 14.3. The highest BCUT2D eigenvalue weighted by molar-refractivity contribution is 5.52. The lowest BCUT2D eigenvalue weighted by Crippen LogP contribution is -1.88. The van der Waals surface area contributed by atoms with Crippen LogP contribution in [0.4, 0.5) is 4.39 Å². The van der Waals surface area contributed by atoms with Crippen LogP contribution in [0.2, 0.25) is 0 Å². The van der Waals surface area contributed by atoms with E-state index in [0.717, 1.165) is 30.4 Å². The van der Waals surface area contributed by atoms with Gasteiger partial charge in [0, 0.05) is 5.57 Å². The molecule has 0 saturated carbocycles. The first-order valence-electron chi connectivity index (χ1n) is 11.1. The fourth-order valence-corrected chi connectivity index (χ4v) is 1.65. The van der Waals surface area contributed by atoms with Gasteiger partial charge in [0.15, 0.2) is 0 Å². The van der Waals surface area contributed by atoms with Gasteiger partial charge in [0.1, 0.15) is 5.83 Å².